The minimum Gasteiger partial charge on any atom is -0.382 e. The maximum absolute atomic E-state index is 5.89. The van der Waals surface area contributed by atoms with E-state index in [4.69, 9.17) is 19.9 Å². The SMILES string of the molecule is COC[C@H]1O[C@@H](C)C(C)C1OCSSCCN. The molecule has 1 aliphatic heterocycles. The third-order valence-corrected chi connectivity index (χ3v) is 5.03. The maximum Gasteiger partial charge on any atom is 0.108 e. The zero-order valence-corrected chi connectivity index (χ0v) is 12.4. The monoisotopic (exact) mass is 281 g/mol. The van der Waals surface area contributed by atoms with Crippen molar-refractivity contribution in [2.45, 2.75) is 32.2 Å². The Morgan fingerprint density at radius 3 is 2.71 bits per heavy atom. The Morgan fingerprint density at radius 2 is 2.06 bits per heavy atom. The Balaban J connectivity index is 2.27. The Labute approximate surface area is 112 Å². The second-order valence-electron chi connectivity index (χ2n) is 4.17. The van der Waals surface area contributed by atoms with Gasteiger partial charge in [0.15, 0.2) is 0 Å². The standard InChI is InChI=1S/C11H23NO3S2/c1-8-9(2)15-10(6-13-3)11(8)14-7-17-16-5-4-12/h8-11H,4-7,12H2,1-3H3/t8?,9-,10+,11?/m0/s1. The molecule has 102 valence electrons. The van der Waals surface area contributed by atoms with Gasteiger partial charge in [0.1, 0.15) is 12.0 Å². The van der Waals surface area contributed by atoms with Crippen LogP contribution in [0.3, 0.4) is 0 Å². The minimum absolute atomic E-state index is 0.0603. The van der Waals surface area contributed by atoms with Crippen molar-refractivity contribution in [3.8, 4) is 0 Å². The van der Waals surface area contributed by atoms with E-state index >= 15 is 0 Å². The summed E-state index contributed by atoms with van der Waals surface area (Å²) in [5.74, 6) is 2.05. The van der Waals surface area contributed by atoms with Crippen molar-refractivity contribution in [3.63, 3.8) is 0 Å². The molecule has 6 heteroatoms. The Kier molecular flexibility index (Phi) is 7.90. The van der Waals surface area contributed by atoms with Gasteiger partial charge in [-0.25, -0.2) is 0 Å². The molecule has 2 unspecified atom stereocenters. The van der Waals surface area contributed by atoms with Crippen molar-refractivity contribution < 1.29 is 14.2 Å². The molecule has 4 nitrogen and oxygen atoms in total. The van der Waals surface area contributed by atoms with Crippen LogP contribution in [-0.2, 0) is 14.2 Å². The summed E-state index contributed by atoms with van der Waals surface area (Å²) in [5, 5.41) is 0. The summed E-state index contributed by atoms with van der Waals surface area (Å²) in [6, 6.07) is 0. The number of rotatable bonds is 8. The average molecular weight is 281 g/mol. The molecular formula is C11H23NO3S2. The van der Waals surface area contributed by atoms with E-state index in [1.807, 2.05) is 0 Å². The van der Waals surface area contributed by atoms with E-state index < -0.39 is 0 Å². The molecule has 1 saturated heterocycles. The van der Waals surface area contributed by atoms with E-state index in [0.717, 1.165) is 5.75 Å². The van der Waals surface area contributed by atoms with Crippen LogP contribution in [0.2, 0.25) is 0 Å². The summed E-state index contributed by atoms with van der Waals surface area (Å²) in [5.41, 5.74) is 5.42. The second-order valence-corrected chi connectivity index (χ2v) is 6.70. The van der Waals surface area contributed by atoms with Crippen LogP contribution in [0.15, 0.2) is 0 Å². The summed E-state index contributed by atoms with van der Waals surface area (Å²) in [4.78, 5) is 0. The highest BCUT2D eigenvalue weighted by Crippen LogP contribution is 2.31. The van der Waals surface area contributed by atoms with Gasteiger partial charge in [-0.3, -0.25) is 0 Å². The first-order valence-electron chi connectivity index (χ1n) is 5.91. The molecule has 1 aliphatic rings. The van der Waals surface area contributed by atoms with Crippen LogP contribution in [0.25, 0.3) is 0 Å². The lowest BCUT2D eigenvalue weighted by molar-refractivity contribution is -0.0440. The first-order chi connectivity index (χ1) is 8.20. The molecule has 0 amide bonds. The molecule has 0 aromatic heterocycles. The largest absolute Gasteiger partial charge is 0.382 e. The summed E-state index contributed by atoms with van der Waals surface area (Å²) < 4.78 is 16.9. The van der Waals surface area contributed by atoms with E-state index in [1.165, 1.54) is 0 Å². The molecule has 4 atom stereocenters. The molecule has 0 radical (unpaired) electrons. The number of hydrogen-bond donors (Lipinski definition) is 1. The fraction of sp³-hybridized carbons (Fsp3) is 1.00. The highest BCUT2D eigenvalue weighted by atomic mass is 33.1. The maximum atomic E-state index is 5.89. The van der Waals surface area contributed by atoms with Gasteiger partial charge in [0, 0.05) is 25.3 Å². The molecule has 0 bridgehead atoms. The molecule has 0 aliphatic carbocycles. The van der Waals surface area contributed by atoms with E-state index in [1.54, 1.807) is 28.7 Å². The minimum atomic E-state index is 0.0603. The molecule has 1 fully saturated rings. The van der Waals surface area contributed by atoms with Crippen LogP contribution in [0.1, 0.15) is 13.8 Å². The quantitative estimate of drug-likeness (QED) is 0.415. The average Bonchev–Trinajstić information content (AvgIpc) is 2.57. The second kappa shape index (κ2) is 8.61. The van der Waals surface area contributed by atoms with Crippen molar-refractivity contribution in [2.75, 3.05) is 32.0 Å². The first kappa shape index (κ1) is 15.6. The van der Waals surface area contributed by atoms with Gasteiger partial charge in [0.05, 0.1) is 18.8 Å². The normalized spacial score (nSPS) is 33.2. The molecule has 17 heavy (non-hydrogen) atoms. The fourth-order valence-corrected chi connectivity index (χ4v) is 3.40. The summed E-state index contributed by atoms with van der Waals surface area (Å²) in [7, 11) is 5.15. The van der Waals surface area contributed by atoms with Crippen molar-refractivity contribution >= 4 is 21.6 Å². The van der Waals surface area contributed by atoms with Gasteiger partial charge in [-0.05, 0) is 6.92 Å². The van der Waals surface area contributed by atoms with Gasteiger partial charge in [-0.15, -0.1) is 0 Å². The Bertz CT molecular complexity index is 209. The van der Waals surface area contributed by atoms with Gasteiger partial charge in [0.25, 0.3) is 0 Å². The third kappa shape index (κ3) is 4.96. The van der Waals surface area contributed by atoms with Crippen molar-refractivity contribution in [3.05, 3.63) is 0 Å². The number of ether oxygens (including phenoxy) is 3. The van der Waals surface area contributed by atoms with Gasteiger partial charge in [0.2, 0.25) is 0 Å². The van der Waals surface area contributed by atoms with E-state index in [0.29, 0.717) is 25.0 Å². The molecule has 1 rings (SSSR count). The van der Waals surface area contributed by atoms with Gasteiger partial charge >= 0.3 is 0 Å². The number of methoxy groups -OCH3 is 1. The smallest absolute Gasteiger partial charge is 0.108 e. The zero-order valence-electron chi connectivity index (χ0n) is 10.8. The molecule has 0 saturated carbocycles. The highest BCUT2D eigenvalue weighted by molar-refractivity contribution is 8.76. The summed E-state index contributed by atoms with van der Waals surface area (Å²) in [6.45, 7) is 5.57. The van der Waals surface area contributed by atoms with Crippen LogP contribution in [0.5, 0.6) is 0 Å². The van der Waals surface area contributed by atoms with Crippen LogP contribution in [0, 0.1) is 5.92 Å². The van der Waals surface area contributed by atoms with Gasteiger partial charge in [-0.2, -0.15) is 0 Å². The predicted octanol–water partition coefficient (Wildman–Crippen LogP) is 1.74. The molecular weight excluding hydrogens is 258 g/mol. The van der Waals surface area contributed by atoms with E-state index in [9.17, 15) is 0 Å². The van der Waals surface area contributed by atoms with Gasteiger partial charge in [-0.1, -0.05) is 28.5 Å². The van der Waals surface area contributed by atoms with Crippen LogP contribution in [-0.4, -0.2) is 50.3 Å². The topological polar surface area (TPSA) is 53.7 Å². The molecule has 1 heterocycles. The number of nitrogens with two attached hydrogens (primary N) is 1. The van der Waals surface area contributed by atoms with E-state index in [2.05, 4.69) is 13.8 Å². The number of hydrogen-bond acceptors (Lipinski definition) is 6. The lowest BCUT2D eigenvalue weighted by atomic mass is 9.99. The van der Waals surface area contributed by atoms with Crippen molar-refractivity contribution in [1.29, 1.82) is 0 Å². The summed E-state index contributed by atoms with van der Waals surface area (Å²) >= 11 is 0. The third-order valence-electron chi connectivity index (χ3n) is 2.94. The Morgan fingerprint density at radius 1 is 1.29 bits per heavy atom. The predicted molar refractivity (Wildman–Crippen MR) is 74.2 cm³/mol. The van der Waals surface area contributed by atoms with Gasteiger partial charge < -0.3 is 19.9 Å². The molecule has 0 aromatic rings. The Hall–Kier alpha value is 0.540. The highest BCUT2D eigenvalue weighted by Gasteiger charge is 2.40. The van der Waals surface area contributed by atoms with Crippen molar-refractivity contribution in [1.82, 2.24) is 0 Å². The molecule has 0 aromatic carbocycles. The summed E-state index contributed by atoms with van der Waals surface area (Å²) in [6.07, 6.45) is 0.433. The van der Waals surface area contributed by atoms with Crippen LogP contribution >= 0.6 is 21.6 Å². The van der Waals surface area contributed by atoms with Crippen LogP contribution < -0.4 is 5.73 Å². The zero-order chi connectivity index (χ0) is 12.7. The lowest BCUT2D eigenvalue weighted by Gasteiger charge is -2.20. The van der Waals surface area contributed by atoms with E-state index in [-0.39, 0.29) is 18.3 Å². The first-order valence-corrected chi connectivity index (χ1v) is 8.40. The lowest BCUT2D eigenvalue weighted by Crippen LogP contribution is -2.32. The van der Waals surface area contributed by atoms with Crippen molar-refractivity contribution in [2.24, 2.45) is 11.7 Å². The van der Waals surface area contributed by atoms with Crippen LogP contribution in [0.4, 0.5) is 0 Å². The fourth-order valence-electron chi connectivity index (χ4n) is 1.89. The molecule has 0 spiro atoms. The molecule has 2 N–H and O–H groups in total.